The number of rotatable bonds is 3. The van der Waals surface area contributed by atoms with E-state index in [4.69, 9.17) is 4.74 Å². The van der Waals surface area contributed by atoms with E-state index in [2.05, 4.69) is 10.2 Å². The van der Waals surface area contributed by atoms with Gasteiger partial charge in [0.05, 0.1) is 13.3 Å². The SMILES string of the molecule is COc1cc(N2CC3(CCCCC3)CC2=O)ccc1-c1cn[nH]c1. The molecular weight excluding hydrogens is 302 g/mol. The van der Waals surface area contributed by atoms with Crippen LogP contribution < -0.4 is 9.64 Å². The van der Waals surface area contributed by atoms with Crippen molar-refractivity contribution in [2.75, 3.05) is 18.6 Å². The van der Waals surface area contributed by atoms with Crippen molar-refractivity contribution in [3.05, 3.63) is 30.6 Å². The maximum atomic E-state index is 12.6. The van der Waals surface area contributed by atoms with Crippen LogP contribution in [0.4, 0.5) is 5.69 Å². The Labute approximate surface area is 142 Å². The molecule has 2 aliphatic rings. The lowest BCUT2D eigenvalue weighted by Crippen LogP contribution is -2.29. The van der Waals surface area contributed by atoms with Crippen LogP contribution in [0.1, 0.15) is 38.5 Å². The van der Waals surface area contributed by atoms with Crippen LogP contribution in [0.5, 0.6) is 5.75 Å². The summed E-state index contributed by atoms with van der Waals surface area (Å²) in [7, 11) is 1.66. The zero-order valence-electron chi connectivity index (χ0n) is 14.0. The van der Waals surface area contributed by atoms with Crippen LogP contribution in [0.3, 0.4) is 0 Å². The molecule has 1 aromatic heterocycles. The predicted octanol–water partition coefficient (Wildman–Crippen LogP) is 3.77. The van der Waals surface area contributed by atoms with Crippen molar-refractivity contribution in [1.29, 1.82) is 0 Å². The van der Waals surface area contributed by atoms with Gasteiger partial charge in [-0.25, -0.2) is 0 Å². The van der Waals surface area contributed by atoms with Gasteiger partial charge in [-0.3, -0.25) is 9.89 Å². The van der Waals surface area contributed by atoms with Gasteiger partial charge in [0, 0.05) is 42.0 Å². The third kappa shape index (κ3) is 2.58. The molecule has 1 spiro atoms. The third-order valence-corrected chi connectivity index (χ3v) is 5.54. The number of ether oxygens (including phenoxy) is 1. The van der Waals surface area contributed by atoms with Crippen molar-refractivity contribution < 1.29 is 9.53 Å². The average Bonchev–Trinajstić information content (AvgIpc) is 3.24. The molecule has 1 saturated carbocycles. The molecule has 1 saturated heterocycles. The first-order valence-electron chi connectivity index (χ1n) is 8.68. The lowest BCUT2D eigenvalue weighted by Gasteiger charge is -2.32. The van der Waals surface area contributed by atoms with Crippen molar-refractivity contribution >= 4 is 11.6 Å². The molecule has 126 valence electrons. The molecule has 0 atom stereocenters. The number of hydrogen-bond donors (Lipinski definition) is 1. The molecule has 4 rings (SSSR count). The van der Waals surface area contributed by atoms with Gasteiger partial charge in [0.15, 0.2) is 0 Å². The zero-order valence-corrected chi connectivity index (χ0v) is 14.0. The van der Waals surface area contributed by atoms with Crippen molar-refractivity contribution in [2.24, 2.45) is 5.41 Å². The average molecular weight is 325 g/mol. The van der Waals surface area contributed by atoms with Crippen LogP contribution in [0.15, 0.2) is 30.6 Å². The van der Waals surface area contributed by atoms with Crippen LogP contribution in [0.2, 0.25) is 0 Å². The minimum Gasteiger partial charge on any atom is -0.496 e. The van der Waals surface area contributed by atoms with E-state index in [1.165, 1.54) is 32.1 Å². The Balaban J connectivity index is 1.63. The fourth-order valence-electron chi connectivity index (χ4n) is 4.25. The number of aromatic amines is 1. The minimum atomic E-state index is 0.200. The number of anilines is 1. The Morgan fingerprint density at radius 1 is 1.25 bits per heavy atom. The number of carbonyl (C=O) groups excluding carboxylic acids is 1. The summed E-state index contributed by atoms with van der Waals surface area (Å²) in [4.78, 5) is 14.6. The largest absolute Gasteiger partial charge is 0.496 e. The third-order valence-electron chi connectivity index (χ3n) is 5.54. The summed E-state index contributed by atoms with van der Waals surface area (Å²) in [6, 6.07) is 6.00. The number of H-pyrrole nitrogens is 1. The van der Waals surface area contributed by atoms with E-state index in [9.17, 15) is 4.79 Å². The van der Waals surface area contributed by atoms with Gasteiger partial charge in [0.1, 0.15) is 5.75 Å². The Kier molecular flexibility index (Phi) is 3.79. The first-order chi connectivity index (χ1) is 11.7. The van der Waals surface area contributed by atoms with Crippen molar-refractivity contribution in [3.8, 4) is 16.9 Å². The van der Waals surface area contributed by atoms with E-state index >= 15 is 0 Å². The molecule has 1 aliphatic carbocycles. The molecule has 1 amide bonds. The van der Waals surface area contributed by atoms with Crippen LogP contribution in [0, 0.1) is 5.41 Å². The van der Waals surface area contributed by atoms with Gasteiger partial charge in [-0.05, 0) is 30.4 Å². The van der Waals surface area contributed by atoms with Crippen molar-refractivity contribution in [2.45, 2.75) is 38.5 Å². The lowest BCUT2D eigenvalue weighted by atomic mass is 9.73. The first-order valence-corrected chi connectivity index (χ1v) is 8.68. The zero-order chi connectivity index (χ0) is 16.6. The molecule has 0 radical (unpaired) electrons. The van der Waals surface area contributed by atoms with Gasteiger partial charge in [0.25, 0.3) is 0 Å². The molecule has 2 fully saturated rings. The van der Waals surface area contributed by atoms with E-state index < -0.39 is 0 Å². The van der Waals surface area contributed by atoms with E-state index in [0.717, 1.165) is 29.1 Å². The highest BCUT2D eigenvalue weighted by molar-refractivity contribution is 5.97. The second-order valence-electron chi connectivity index (χ2n) is 7.09. The van der Waals surface area contributed by atoms with Gasteiger partial charge < -0.3 is 9.64 Å². The lowest BCUT2D eigenvalue weighted by molar-refractivity contribution is -0.118. The second-order valence-corrected chi connectivity index (χ2v) is 7.09. The van der Waals surface area contributed by atoms with Crippen LogP contribution in [-0.4, -0.2) is 29.8 Å². The molecule has 1 N–H and O–H groups in total. The van der Waals surface area contributed by atoms with Crippen molar-refractivity contribution in [1.82, 2.24) is 10.2 Å². The summed E-state index contributed by atoms with van der Waals surface area (Å²) in [5.41, 5.74) is 3.10. The summed E-state index contributed by atoms with van der Waals surface area (Å²) in [6.07, 6.45) is 10.5. The molecule has 2 heterocycles. The first kappa shape index (κ1) is 15.2. The van der Waals surface area contributed by atoms with E-state index in [1.807, 2.05) is 29.3 Å². The number of aromatic nitrogens is 2. The van der Waals surface area contributed by atoms with Crippen LogP contribution >= 0.6 is 0 Å². The molecule has 5 heteroatoms. The highest BCUT2D eigenvalue weighted by Crippen LogP contribution is 2.46. The summed E-state index contributed by atoms with van der Waals surface area (Å²) < 4.78 is 5.56. The molecular formula is C19H23N3O2. The van der Waals surface area contributed by atoms with E-state index in [0.29, 0.717) is 6.42 Å². The molecule has 0 bridgehead atoms. The Hall–Kier alpha value is -2.30. The summed E-state index contributed by atoms with van der Waals surface area (Å²) in [5, 5.41) is 6.82. The Bertz CT molecular complexity index is 733. The quantitative estimate of drug-likeness (QED) is 0.934. The Morgan fingerprint density at radius 2 is 2.08 bits per heavy atom. The fourth-order valence-corrected chi connectivity index (χ4v) is 4.25. The topological polar surface area (TPSA) is 58.2 Å². The molecule has 24 heavy (non-hydrogen) atoms. The monoisotopic (exact) mass is 325 g/mol. The van der Waals surface area contributed by atoms with Crippen LogP contribution in [-0.2, 0) is 4.79 Å². The maximum Gasteiger partial charge on any atom is 0.227 e. The molecule has 2 aromatic rings. The predicted molar refractivity (Wildman–Crippen MR) is 93.1 cm³/mol. The Morgan fingerprint density at radius 3 is 2.79 bits per heavy atom. The van der Waals surface area contributed by atoms with Crippen molar-refractivity contribution in [3.63, 3.8) is 0 Å². The van der Waals surface area contributed by atoms with E-state index in [1.54, 1.807) is 13.3 Å². The molecule has 5 nitrogen and oxygen atoms in total. The fraction of sp³-hybridized carbons (Fsp3) is 0.474. The maximum absolute atomic E-state index is 12.6. The minimum absolute atomic E-state index is 0.200. The van der Waals surface area contributed by atoms with Gasteiger partial charge in [-0.15, -0.1) is 0 Å². The van der Waals surface area contributed by atoms with Crippen LogP contribution in [0.25, 0.3) is 11.1 Å². The van der Waals surface area contributed by atoms with Gasteiger partial charge in [-0.1, -0.05) is 19.3 Å². The van der Waals surface area contributed by atoms with E-state index in [-0.39, 0.29) is 11.3 Å². The normalized spacial score (nSPS) is 19.9. The molecule has 0 unspecified atom stereocenters. The number of methoxy groups -OCH3 is 1. The number of hydrogen-bond acceptors (Lipinski definition) is 3. The number of carbonyl (C=O) groups is 1. The highest BCUT2D eigenvalue weighted by atomic mass is 16.5. The summed E-state index contributed by atoms with van der Waals surface area (Å²) >= 11 is 0. The second kappa shape index (κ2) is 5.96. The summed E-state index contributed by atoms with van der Waals surface area (Å²) in [5.74, 6) is 1.02. The highest BCUT2D eigenvalue weighted by Gasteiger charge is 2.44. The van der Waals surface area contributed by atoms with Gasteiger partial charge >= 0.3 is 0 Å². The molecule has 1 aromatic carbocycles. The van der Waals surface area contributed by atoms with Gasteiger partial charge in [0.2, 0.25) is 5.91 Å². The number of nitrogens with one attached hydrogen (secondary N) is 1. The smallest absolute Gasteiger partial charge is 0.227 e. The standard InChI is InChI=1S/C19H23N3O2/c1-24-17-9-15(5-6-16(17)14-11-20-21-12-14)22-13-19(10-18(22)23)7-3-2-4-8-19/h5-6,9,11-12H,2-4,7-8,10,13H2,1H3,(H,20,21). The summed E-state index contributed by atoms with van der Waals surface area (Å²) in [6.45, 7) is 0.847. The number of nitrogens with zero attached hydrogens (tertiary/aromatic N) is 2. The molecule has 1 aliphatic heterocycles. The van der Waals surface area contributed by atoms with Gasteiger partial charge in [-0.2, -0.15) is 5.10 Å². The number of amides is 1. The number of benzene rings is 1.